The van der Waals surface area contributed by atoms with E-state index in [1.54, 1.807) is 42.5 Å². The van der Waals surface area contributed by atoms with Gasteiger partial charge in [0.05, 0.1) is 38.9 Å². The zero-order valence-corrected chi connectivity index (χ0v) is 21.2. The molecule has 9 nitrogen and oxygen atoms in total. The Hall–Kier alpha value is -4.37. The molecule has 4 atom stereocenters. The lowest BCUT2D eigenvalue weighted by Gasteiger charge is -2.31. The van der Waals surface area contributed by atoms with E-state index in [0.29, 0.717) is 22.8 Å². The Labute approximate surface area is 219 Å². The smallest absolute Gasteiger partial charge is 0.325 e. The lowest BCUT2D eigenvalue weighted by Crippen LogP contribution is -2.57. The summed E-state index contributed by atoms with van der Waals surface area (Å²) < 4.78 is 16.2. The molecule has 5 rings (SSSR count). The molecule has 2 amide bonds. The summed E-state index contributed by atoms with van der Waals surface area (Å²) in [5, 5.41) is 13.9. The quantitative estimate of drug-likeness (QED) is 0.439. The number of hydrogen-bond acceptors (Lipinski definition) is 7. The van der Waals surface area contributed by atoms with Gasteiger partial charge < -0.3 is 19.3 Å². The molecule has 9 heteroatoms. The van der Waals surface area contributed by atoms with Crippen LogP contribution in [0.1, 0.15) is 17.2 Å². The molecule has 3 aromatic rings. The molecule has 2 saturated heterocycles. The van der Waals surface area contributed by atoms with Gasteiger partial charge in [-0.25, -0.2) is 4.90 Å². The van der Waals surface area contributed by atoms with E-state index >= 15 is 0 Å². The molecule has 0 aromatic heterocycles. The van der Waals surface area contributed by atoms with Crippen LogP contribution in [0.5, 0.6) is 17.2 Å². The molecule has 2 fully saturated rings. The molecule has 2 aliphatic heterocycles. The number of amides is 2. The molecule has 2 heterocycles. The monoisotopic (exact) mass is 516 g/mol. The maximum atomic E-state index is 14.1. The molecule has 3 aromatic carbocycles. The summed E-state index contributed by atoms with van der Waals surface area (Å²) in [5.74, 6) is -3.18. The highest BCUT2D eigenvalue weighted by Crippen LogP contribution is 2.52. The van der Waals surface area contributed by atoms with E-state index in [2.05, 4.69) is 5.32 Å². The molecular formula is C29H28N2O7. The average Bonchev–Trinajstić information content (AvgIpc) is 3.42. The summed E-state index contributed by atoms with van der Waals surface area (Å²) in [6.07, 6.45) is 0.00686. The van der Waals surface area contributed by atoms with E-state index in [1.165, 1.54) is 21.3 Å². The van der Waals surface area contributed by atoms with Crippen molar-refractivity contribution in [3.05, 3.63) is 83.9 Å². The first-order valence-electron chi connectivity index (χ1n) is 12.1. The van der Waals surface area contributed by atoms with Crippen molar-refractivity contribution < 1.29 is 33.7 Å². The van der Waals surface area contributed by atoms with Gasteiger partial charge in [-0.1, -0.05) is 48.5 Å². The molecule has 0 spiro atoms. The second kappa shape index (κ2) is 9.83. The van der Waals surface area contributed by atoms with Gasteiger partial charge in [-0.3, -0.25) is 19.7 Å². The number of methoxy groups -OCH3 is 3. The van der Waals surface area contributed by atoms with Gasteiger partial charge in [-0.2, -0.15) is 0 Å². The Kier molecular flexibility index (Phi) is 6.54. The molecule has 0 aliphatic carbocycles. The van der Waals surface area contributed by atoms with Gasteiger partial charge in [-0.05, 0) is 35.4 Å². The van der Waals surface area contributed by atoms with Crippen LogP contribution < -0.4 is 24.4 Å². The maximum Gasteiger partial charge on any atom is 0.325 e. The highest BCUT2D eigenvalue weighted by molar-refractivity contribution is 6.24. The van der Waals surface area contributed by atoms with Crippen LogP contribution in [0, 0.1) is 11.8 Å². The van der Waals surface area contributed by atoms with Gasteiger partial charge in [0.25, 0.3) is 0 Å². The maximum absolute atomic E-state index is 14.1. The van der Waals surface area contributed by atoms with Crippen LogP contribution in [0.2, 0.25) is 0 Å². The number of anilines is 1. The average molecular weight is 517 g/mol. The van der Waals surface area contributed by atoms with Crippen molar-refractivity contribution in [2.75, 3.05) is 26.2 Å². The highest BCUT2D eigenvalue weighted by Gasteiger charge is 2.68. The van der Waals surface area contributed by atoms with Gasteiger partial charge >= 0.3 is 5.97 Å². The minimum atomic E-state index is -1.74. The van der Waals surface area contributed by atoms with E-state index in [-0.39, 0.29) is 12.1 Å². The third-order valence-corrected chi connectivity index (χ3v) is 7.45. The predicted molar refractivity (Wildman–Crippen MR) is 138 cm³/mol. The van der Waals surface area contributed by atoms with Crippen molar-refractivity contribution in [3.63, 3.8) is 0 Å². The van der Waals surface area contributed by atoms with Crippen LogP contribution in [0.15, 0.2) is 72.8 Å². The first-order chi connectivity index (χ1) is 18.4. The number of hydrogen-bond donors (Lipinski definition) is 2. The topological polar surface area (TPSA) is 114 Å². The van der Waals surface area contributed by atoms with Gasteiger partial charge in [0.1, 0.15) is 11.3 Å². The van der Waals surface area contributed by atoms with Gasteiger partial charge in [0, 0.05) is 12.5 Å². The van der Waals surface area contributed by atoms with Crippen LogP contribution in [0.3, 0.4) is 0 Å². The number of para-hydroxylation sites is 2. The Balaban J connectivity index is 1.68. The van der Waals surface area contributed by atoms with Crippen LogP contribution >= 0.6 is 0 Å². The van der Waals surface area contributed by atoms with Crippen molar-refractivity contribution in [2.45, 2.75) is 18.0 Å². The molecule has 0 radical (unpaired) electrons. The number of carboxylic acid groups (broad SMARTS) is 1. The number of carboxylic acids is 1. The Morgan fingerprint density at radius 1 is 0.868 bits per heavy atom. The van der Waals surface area contributed by atoms with E-state index in [0.717, 1.165) is 10.5 Å². The van der Waals surface area contributed by atoms with Gasteiger partial charge in [-0.15, -0.1) is 0 Å². The van der Waals surface area contributed by atoms with E-state index in [9.17, 15) is 19.5 Å². The van der Waals surface area contributed by atoms with Crippen LogP contribution in [0.25, 0.3) is 0 Å². The van der Waals surface area contributed by atoms with Crippen LogP contribution in [0.4, 0.5) is 5.69 Å². The largest absolute Gasteiger partial charge is 0.495 e. The van der Waals surface area contributed by atoms with Crippen molar-refractivity contribution in [2.24, 2.45) is 11.8 Å². The number of aliphatic carboxylic acids is 1. The fourth-order valence-corrected chi connectivity index (χ4v) is 5.74. The molecule has 2 aliphatic rings. The van der Waals surface area contributed by atoms with Crippen LogP contribution in [-0.2, 0) is 20.8 Å². The second-order valence-corrected chi connectivity index (χ2v) is 9.36. The van der Waals surface area contributed by atoms with Gasteiger partial charge in [0.15, 0.2) is 11.5 Å². The van der Waals surface area contributed by atoms with E-state index < -0.39 is 41.2 Å². The minimum absolute atomic E-state index is 0.00686. The highest BCUT2D eigenvalue weighted by atomic mass is 16.5. The summed E-state index contributed by atoms with van der Waals surface area (Å²) in [6, 6.07) is 20.2. The molecule has 196 valence electrons. The number of carbonyl (C=O) groups excluding carboxylic acids is 2. The fraction of sp³-hybridized carbons (Fsp3) is 0.276. The van der Waals surface area contributed by atoms with Crippen molar-refractivity contribution in [3.8, 4) is 17.2 Å². The van der Waals surface area contributed by atoms with Crippen molar-refractivity contribution in [1.29, 1.82) is 0 Å². The number of nitrogens with one attached hydrogen (secondary N) is 1. The van der Waals surface area contributed by atoms with E-state index in [1.807, 2.05) is 30.3 Å². The molecule has 0 bridgehead atoms. The normalized spacial score (nSPS) is 24.3. The lowest BCUT2D eigenvalue weighted by atomic mass is 9.76. The minimum Gasteiger partial charge on any atom is -0.495 e. The Morgan fingerprint density at radius 3 is 2.18 bits per heavy atom. The number of rotatable bonds is 8. The summed E-state index contributed by atoms with van der Waals surface area (Å²) in [5.41, 5.74) is -0.126. The van der Waals surface area contributed by atoms with Gasteiger partial charge in [0.2, 0.25) is 11.8 Å². The molecule has 0 unspecified atom stereocenters. The Bertz CT molecular complexity index is 1390. The summed E-state index contributed by atoms with van der Waals surface area (Å²) in [6.45, 7) is 0. The first kappa shape index (κ1) is 25.3. The number of benzene rings is 3. The zero-order valence-electron chi connectivity index (χ0n) is 21.2. The third kappa shape index (κ3) is 3.86. The number of fused-ring (bicyclic) bond motifs is 1. The van der Waals surface area contributed by atoms with E-state index in [4.69, 9.17) is 14.2 Å². The standard InChI is InChI=1S/C29H28N2O7/c1-36-20-12-8-7-11-19(20)31-26(32)23-24(27(31)33)29(28(34)35,16-17-9-5-4-6-10-17)30-25(23)18-13-14-21(37-2)22(15-18)38-3/h4-15,23-25,30H,16H2,1-3H3,(H,34,35)/t23-,24+,25+,29+/m1/s1. The summed E-state index contributed by atoms with van der Waals surface area (Å²) >= 11 is 0. The Morgan fingerprint density at radius 2 is 1.53 bits per heavy atom. The molecule has 38 heavy (non-hydrogen) atoms. The molecular weight excluding hydrogens is 488 g/mol. The molecule has 2 N–H and O–H groups in total. The van der Waals surface area contributed by atoms with Crippen LogP contribution in [-0.4, -0.2) is 49.8 Å². The zero-order chi connectivity index (χ0) is 27.0. The summed E-state index contributed by atoms with van der Waals surface area (Å²) in [4.78, 5) is 42.3. The SMILES string of the molecule is COc1ccc([C@@H]2N[C@](Cc3ccccc3)(C(=O)O)[C@@H]3C(=O)N(c4ccccc4OC)C(=O)[C@H]32)cc1OC. The second-order valence-electron chi connectivity index (χ2n) is 9.36. The fourth-order valence-electron chi connectivity index (χ4n) is 5.74. The predicted octanol–water partition coefficient (Wildman–Crippen LogP) is 3.23. The first-order valence-corrected chi connectivity index (χ1v) is 12.1. The number of carbonyl (C=O) groups is 3. The number of imide groups is 1. The molecule has 0 saturated carbocycles. The van der Waals surface area contributed by atoms with Crippen molar-refractivity contribution >= 4 is 23.5 Å². The number of ether oxygens (including phenoxy) is 3. The summed E-state index contributed by atoms with van der Waals surface area (Å²) in [7, 11) is 4.47. The third-order valence-electron chi connectivity index (χ3n) is 7.45. The lowest BCUT2D eigenvalue weighted by molar-refractivity contribution is -0.148. The number of nitrogens with zero attached hydrogens (tertiary/aromatic N) is 1. The van der Waals surface area contributed by atoms with Crippen molar-refractivity contribution in [1.82, 2.24) is 5.32 Å².